The van der Waals surface area contributed by atoms with Gasteiger partial charge in [-0.25, -0.2) is 4.39 Å². The lowest BCUT2D eigenvalue weighted by Crippen LogP contribution is -2.35. The second-order valence-corrected chi connectivity index (χ2v) is 8.57. The Morgan fingerprint density at radius 1 is 0.971 bits per heavy atom. The number of aryl methyl sites for hydroxylation is 1. The average molecular weight is 486 g/mol. The molecule has 3 rings (SSSR count). The van der Waals surface area contributed by atoms with Gasteiger partial charge in [-0.15, -0.1) is 6.58 Å². The minimum atomic E-state index is -5.24. The highest BCUT2D eigenvalue weighted by atomic mass is 19.4. The number of alkyl halides is 5. The summed E-state index contributed by atoms with van der Waals surface area (Å²) < 4.78 is 94.4. The quantitative estimate of drug-likeness (QED) is 0.263. The number of allylic oxidation sites excluding steroid dienone is 1. The summed E-state index contributed by atoms with van der Waals surface area (Å²) in [7, 11) is 0. The Kier molecular flexibility index (Phi) is 8.34. The van der Waals surface area contributed by atoms with Gasteiger partial charge in [0.05, 0.1) is 6.10 Å². The predicted octanol–water partition coefficient (Wildman–Crippen LogP) is 8.20. The second-order valence-electron chi connectivity index (χ2n) is 8.57. The molecule has 2 aromatic rings. The van der Waals surface area contributed by atoms with Gasteiger partial charge in [0.25, 0.3) is 0 Å². The van der Waals surface area contributed by atoms with E-state index in [2.05, 4.69) is 11.3 Å². The first kappa shape index (κ1) is 26.1. The topological polar surface area (TPSA) is 18.5 Å². The first-order valence-corrected chi connectivity index (χ1v) is 11.3. The van der Waals surface area contributed by atoms with E-state index in [1.165, 1.54) is 12.1 Å². The Balaban J connectivity index is 1.79. The van der Waals surface area contributed by atoms with Crippen LogP contribution in [-0.2, 0) is 17.3 Å². The fourth-order valence-corrected chi connectivity index (χ4v) is 4.17. The molecule has 0 aliphatic heterocycles. The van der Waals surface area contributed by atoms with E-state index in [9.17, 15) is 22.0 Å². The van der Waals surface area contributed by atoms with Crippen LogP contribution in [0.1, 0.15) is 50.2 Å². The van der Waals surface area contributed by atoms with Gasteiger partial charge in [0.1, 0.15) is 17.1 Å². The Bertz CT molecular complexity index is 960. The number of benzene rings is 2. The minimum Gasteiger partial charge on any atom is -0.430 e. The molecule has 0 atom stereocenters. The number of hydrogen-bond donors (Lipinski definition) is 0. The van der Waals surface area contributed by atoms with E-state index >= 15 is 4.39 Å². The van der Waals surface area contributed by atoms with Crippen molar-refractivity contribution in [2.75, 3.05) is 6.61 Å². The Labute approximate surface area is 195 Å². The third-order valence-electron chi connectivity index (χ3n) is 5.99. The monoisotopic (exact) mass is 486 g/mol. The van der Waals surface area contributed by atoms with Crippen molar-refractivity contribution in [1.29, 1.82) is 0 Å². The van der Waals surface area contributed by atoms with Crippen LogP contribution in [0.3, 0.4) is 0 Å². The molecular formula is C26H28F6O2. The van der Waals surface area contributed by atoms with Crippen molar-refractivity contribution in [3.05, 3.63) is 66.0 Å². The second kappa shape index (κ2) is 10.8. The highest BCUT2D eigenvalue weighted by molar-refractivity contribution is 5.67. The Morgan fingerprint density at radius 2 is 1.62 bits per heavy atom. The molecule has 1 fully saturated rings. The van der Waals surface area contributed by atoms with E-state index in [0.717, 1.165) is 43.4 Å². The number of halogens is 6. The number of hydrogen-bond acceptors (Lipinski definition) is 2. The lowest BCUT2D eigenvalue weighted by Gasteiger charge is -2.28. The third-order valence-corrected chi connectivity index (χ3v) is 5.99. The molecule has 0 amide bonds. The molecule has 0 bridgehead atoms. The first-order valence-electron chi connectivity index (χ1n) is 11.3. The molecule has 2 aromatic carbocycles. The molecule has 34 heavy (non-hydrogen) atoms. The van der Waals surface area contributed by atoms with Gasteiger partial charge in [0.2, 0.25) is 0 Å². The zero-order valence-corrected chi connectivity index (χ0v) is 18.9. The molecule has 1 aliphatic carbocycles. The van der Waals surface area contributed by atoms with Crippen molar-refractivity contribution in [3.63, 3.8) is 0 Å². The van der Waals surface area contributed by atoms with Crippen LogP contribution in [0.15, 0.2) is 49.1 Å². The average Bonchev–Trinajstić information content (AvgIpc) is 2.78. The van der Waals surface area contributed by atoms with Gasteiger partial charge >= 0.3 is 12.3 Å². The summed E-state index contributed by atoms with van der Waals surface area (Å²) in [5.41, 5.74) is -1.05. The molecule has 0 unspecified atom stereocenters. The van der Waals surface area contributed by atoms with Gasteiger partial charge in [-0.3, -0.25) is 0 Å². The van der Waals surface area contributed by atoms with Crippen molar-refractivity contribution < 1.29 is 35.8 Å². The van der Waals surface area contributed by atoms with E-state index < -0.39 is 42.1 Å². The molecular weight excluding hydrogens is 458 g/mol. The smallest absolute Gasteiger partial charge is 0.422 e. The largest absolute Gasteiger partial charge is 0.430 e. The molecule has 0 heterocycles. The maximum atomic E-state index is 15.0. The zero-order chi connectivity index (χ0) is 24.9. The van der Waals surface area contributed by atoms with E-state index in [1.54, 1.807) is 12.1 Å². The van der Waals surface area contributed by atoms with E-state index in [0.29, 0.717) is 18.8 Å². The van der Waals surface area contributed by atoms with Crippen LogP contribution in [-0.4, -0.2) is 18.8 Å². The summed E-state index contributed by atoms with van der Waals surface area (Å²) in [6, 6.07) is 8.15. The minimum absolute atomic E-state index is 0.208. The number of ether oxygens (including phenoxy) is 2. The molecule has 1 aliphatic rings. The fraction of sp³-hybridized carbons (Fsp3) is 0.462. The lowest BCUT2D eigenvalue weighted by molar-refractivity contribution is -0.225. The van der Waals surface area contributed by atoms with Crippen LogP contribution in [0, 0.1) is 11.7 Å². The van der Waals surface area contributed by atoms with Crippen molar-refractivity contribution in [2.45, 2.75) is 63.8 Å². The van der Waals surface area contributed by atoms with E-state index in [-0.39, 0.29) is 11.1 Å². The van der Waals surface area contributed by atoms with Crippen molar-refractivity contribution >= 4 is 0 Å². The van der Waals surface area contributed by atoms with Crippen LogP contribution in [0.2, 0.25) is 0 Å². The predicted molar refractivity (Wildman–Crippen MR) is 118 cm³/mol. The summed E-state index contributed by atoms with van der Waals surface area (Å²) in [4.78, 5) is 0. The van der Waals surface area contributed by atoms with Crippen LogP contribution in [0.4, 0.5) is 26.3 Å². The summed E-state index contributed by atoms with van der Waals surface area (Å²) in [5.74, 6) is -2.64. The van der Waals surface area contributed by atoms with Gasteiger partial charge in [-0.2, -0.15) is 22.0 Å². The van der Waals surface area contributed by atoms with Crippen LogP contribution in [0.25, 0.3) is 11.1 Å². The molecule has 0 saturated heterocycles. The van der Waals surface area contributed by atoms with E-state index in [4.69, 9.17) is 4.74 Å². The van der Waals surface area contributed by atoms with Crippen LogP contribution in [0.5, 0.6) is 5.75 Å². The molecule has 186 valence electrons. The maximum Gasteiger partial charge on any atom is 0.422 e. The fourth-order valence-electron chi connectivity index (χ4n) is 4.17. The van der Waals surface area contributed by atoms with Gasteiger partial charge in [-0.1, -0.05) is 43.7 Å². The maximum absolute atomic E-state index is 15.0. The highest BCUT2D eigenvalue weighted by Crippen LogP contribution is 2.43. The Hall–Kier alpha value is -2.48. The lowest BCUT2D eigenvalue weighted by atomic mass is 9.87. The summed E-state index contributed by atoms with van der Waals surface area (Å²) >= 11 is 0. The SMILES string of the molecule is C=CC1CCC(OCC(F)(F)Oc2ccc(-c3ccc(CCC)cc3)c(F)c2C(F)(F)F)CC1. The van der Waals surface area contributed by atoms with Gasteiger partial charge < -0.3 is 9.47 Å². The summed E-state index contributed by atoms with van der Waals surface area (Å²) in [6.45, 7) is 4.47. The molecule has 8 heteroatoms. The van der Waals surface area contributed by atoms with Crippen LogP contribution >= 0.6 is 0 Å². The van der Waals surface area contributed by atoms with Crippen molar-refractivity contribution in [2.24, 2.45) is 5.92 Å². The number of rotatable bonds is 9. The Morgan fingerprint density at radius 3 is 2.18 bits per heavy atom. The standard InChI is InChI=1S/C26H28F6O2/c1-3-5-18-6-10-19(11-7-18)21-14-15-22(23(24(21)27)26(30,31)32)34-25(28,29)16-33-20-12-8-17(4-2)9-13-20/h4,6-7,10-11,14-15,17,20H,2-3,5,8-9,12-13,16H2,1H3. The zero-order valence-electron chi connectivity index (χ0n) is 18.9. The summed E-state index contributed by atoms with van der Waals surface area (Å²) in [5, 5.41) is 0. The van der Waals surface area contributed by atoms with Crippen molar-refractivity contribution in [3.8, 4) is 16.9 Å². The molecule has 1 saturated carbocycles. The third kappa shape index (κ3) is 6.56. The van der Waals surface area contributed by atoms with E-state index in [1.807, 2.05) is 13.0 Å². The van der Waals surface area contributed by atoms with Crippen LogP contribution < -0.4 is 4.74 Å². The van der Waals surface area contributed by atoms with Gasteiger partial charge in [0, 0.05) is 5.56 Å². The molecule has 0 aromatic heterocycles. The van der Waals surface area contributed by atoms with Crippen molar-refractivity contribution in [1.82, 2.24) is 0 Å². The summed E-state index contributed by atoms with van der Waals surface area (Å²) in [6.07, 6.45) is -3.71. The molecule has 2 nitrogen and oxygen atoms in total. The van der Waals surface area contributed by atoms with Gasteiger partial charge in [0.15, 0.2) is 6.61 Å². The normalized spacial score (nSPS) is 19.1. The molecule has 0 spiro atoms. The first-order chi connectivity index (χ1) is 16.0. The molecule has 0 radical (unpaired) electrons. The van der Waals surface area contributed by atoms with Gasteiger partial charge in [-0.05, 0) is 61.3 Å². The molecule has 0 N–H and O–H groups in total. The highest BCUT2D eigenvalue weighted by Gasteiger charge is 2.43.